The fourth-order valence-electron chi connectivity index (χ4n) is 2.89. The molecule has 7 heteroatoms. The van der Waals surface area contributed by atoms with Crippen LogP contribution in [0, 0.1) is 18.6 Å². The SMILES string of the molecule is Cc1ccc(-c2ccc(C(F)(F)[C@](O)(CO)c3ccc(F)cc3F)nc2)cc1. The third-order valence-electron chi connectivity index (χ3n) is 4.60. The van der Waals surface area contributed by atoms with E-state index in [1.165, 1.54) is 12.3 Å². The van der Waals surface area contributed by atoms with Gasteiger partial charge in [-0.15, -0.1) is 0 Å². The van der Waals surface area contributed by atoms with Crippen molar-refractivity contribution in [3.8, 4) is 11.1 Å². The van der Waals surface area contributed by atoms with Crippen molar-refractivity contribution in [2.45, 2.75) is 18.4 Å². The largest absolute Gasteiger partial charge is 0.393 e. The number of aryl methyl sites for hydroxylation is 1. The Kier molecular flexibility index (Phi) is 5.23. The lowest BCUT2D eigenvalue weighted by atomic mass is 9.85. The minimum absolute atomic E-state index is 0.361. The molecule has 0 saturated carbocycles. The van der Waals surface area contributed by atoms with E-state index in [1.54, 1.807) is 0 Å². The third kappa shape index (κ3) is 3.39. The van der Waals surface area contributed by atoms with Gasteiger partial charge in [-0.1, -0.05) is 35.9 Å². The monoisotopic (exact) mass is 391 g/mol. The molecule has 0 amide bonds. The van der Waals surface area contributed by atoms with Gasteiger partial charge in [0.15, 0.2) is 5.60 Å². The van der Waals surface area contributed by atoms with E-state index in [1.807, 2.05) is 31.2 Å². The molecule has 3 rings (SSSR count). The van der Waals surface area contributed by atoms with Gasteiger partial charge in [0.25, 0.3) is 0 Å². The summed E-state index contributed by atoms with van der Waals surface area (Å²) < 4.78 is 57.2. The van der Waals surface area contributed by atoms with Gasteiger partial charge >= 0.3 is 5.92 Å². The van der Waals surface area contributed by atoms with Gasteiger partial charge in [-0.3, -0.25) is 4.98 Å². The van der Waals surface area contributed by atoms with E-state index >= 15 is 8.78 Å². The molecule has 0 radical (unpaired) electrons. The summed E-state index contributed by atoms with van der Waals surface area (Å²) in [5.74, 6) is -6.54. The van der Waals surface area contributed by atoms with Crippen LogP contribution in [0.15, 0.2) is 60.8 Å². The molecule has 0 saturated heterocycles. The number of pyridine rings is 1. The van der Waals surface area contributed by atoms with E-state index in [0.29, 0.717) is 17.7 Å². The van der Waals surface area contributed by atoms with Crippen molar-refractivity contribution in [1.82, 2.24) is 4.98 Å². The van der Waals surface area contributed by atoms with E-state index < -0.39 is 41.0 Å². The second-order valence-electron chi connectivity index (χ2n) is 6.52. The average Bonchev–Trinajstić information content (AvgIpc) is 2.68. The Balaban J connectivity index is 2.01. The summed E-state index contributed by atoms with van der Waals surface area (Å²) >= 11 is 0. The molecular formula is C21H17F4NO2. The predicted octanol–water partition coefficient (Wildman–Crippen LogP) is 4.31. The van der Waals surface area contributed by atoms with Crippen molar-refractivity contribution >= 4 is 0 Å². The molecule has 0 aliphatic heterocycles. The number of benzene rings is 2. The van der Waals surface area contributed by atoms with Gasteiger partial charge in [-0.2, -0.15) is 8.78 Å². The van der Waals surface area contributed by atoms with E-state index in [2.05, 4.69) is 4.98 Å². The third-order valence-corrected chi connectivity index (χ3v) is 4.60. The van der Waals surface area contributed by atoms with Crippen LogP contribution in [0.5, 0.6) is 0 Å². The number of hydrogen-bond donors (Lipinski definition) is 2. The van der Waals surface area contributed by atoms with Crippen LogP contribution in [0.4, 0.5) is 17.6 Å². The van der Waals surface area contributed by atoms with Crippen molar-refractivity contribution in [2.75, 3.05) is 6.61 Å². The predicted molar refractivity (Wildman–Crippen MR) is 95.6 cm³/mol. The van der Waals surface area contributed by atoms with Crippen molar-refractivity contribution in [1.29, 1.82) is 0 Å². The molecule has 0 unspecified atom stereocenters. The van der Waals surface area contributed by atoms with Crippen LogP contribution >= 0.6 is 0 Å². The van der Waals surface area contributed by atoms with Crippen LogP contribution in [-0.2, 0) is 11.5 Å². The molecule has 0 spiro atoms. The van der Waals surface area contributed by atoms with Crippen molar-refractivity contribution in [2.24, 2.45) is 0 Å². The quantitative estimate of drug-likeness (QED) is 0.638. The summed E-state index contributed by atoms with van der Waals surface area (Å²) in [4.78, 5) is 3.72. The van der Waals surface area contributed by atoms with Gasteiger partial charge < -0.3 is 10.2 Å². The standard InChI is InChI=1S/C21H17F4NO2/c1-13-2-4-14(5-3-13)15-6-9-19(26-11-15)21(24,25)20(28,12-27)17-8-7-16(22)10-18(17)23/h2-11,27-28H,12H2,1H3/t20-/m0/s1. The Morgan fingerprint density at radius 1 is 0.929 bits per heavy atom. The molecule has 0 fully saturated rings. The van der Waals surface area contributed by atoms with Gasteiger partial charge in [-0.05, 0) is 30.7 Å². The Hall–Kier alpha value is -2.77. The maximum Gasteiger partial charge on any atom is 0.324 e. The molecule has 2 aromatic carbocycles. The van der Waals surface area contributed by atoms with E-state index in [9.17, 15) is 19.0 Å². The first-order valence-electron chi connectivity index (χ1n) is 8.39. The molecule has 0 aliphatic carbocycles. The molecule has 2 N–H and O–H groups in total. The van der Waals surface area contributed by atoms with Gasteiger partial charge in [0.1, 0.15) is 17.3 Å². The van der Waals surface area contributed by atoms with E-state index in [-0.39, 0.29) is 0 Å². The number of nitrogens with zero attached hydrogens (tertiary/aromatic N) is 1. The lowest BCUT2D eigenvalue weighted by Gasteiger charge is -2.34. The van der Waals surface area contributed by atoms with Crippen LogP contribution in [0.1, 0.15) is 16.8 Å². The lowest BCUT2D eigenvalue weighted by Crippen LogP contribution is -2.47. The number of hydrogen-bond acceptors (Lipinski definition) is 3. The number of aromatic nitrogens is 1. The van der Waals surface area contributed by atoms with Crippen LogP contribution in [0.2, 0.25) is 0 Å². The number of alkyl halides is 2. The van der Waals surface area contributed by atoms with Crippen molar-refractivity contribution in [3.63, 3.8) is 0 Å². The minimum atomic E-state index is -4.15. The fourth-order valence-corrected chi connectivity index (χ4v) is 2.89. The first kappa shape index (κ1) is 20.0. The molecule has 28 heavy (non-hydrogen) atoms. The first-order chi connectivity index (χ1) is 13.2. The smallest absolute Gasteiger partial charge is 0.324 e. The maximum atomic E-state index is 15.0. The molecule has 3 aromatic rings. The van der Waals surface area contributed by atoms with Gasteiger partial charge in [0.05, 0.1) is 6.61 Å². The normalized spacial score (nSPS) is 14.0. The van der Waals surface area contributed by atoms with Crippen LogP contribution < -0.4 is 0 Å². The highest BCUT2D eigenvalue weighted by molar-refractivity contribution is 5.62. The topological polar surface area (TPSA) is 53.4 Å². The van der Waals surface area contributed by atoms with Crippen molar-refractivity contribution < 1.29 is 27.8 Å². The Labute approximate surface area is 158 Å². The summed E-state index contributed by atoms with van der Waals surface area (Å²) in [6, 6.07) is 11.5. The molecule has 0 aliphatic rings. The van der Waals surface area contributed by atoms with Crippen molar-refractivity contribution in [3.05, 3.63) is 89.2 Å². The first-order valence-corrected chi connectivity index (χ1v) is 8.39. The highest BCUT2D eigenvalue weighted by Crippen LogP contribution is 2.45. The Bertz CT molecular complexity index is 975. The summed E-state index contributed by atoms with van der Waals surface area (Å²) in [7, 11) is 0. The highest BCUT2D eigenvalue weighted by Gasteiger charge is 2.57. The van der Waals surface area contributed by atoms with E-state index in [0.717, 1.165) is 23.3 Å². The molecule has 1 atom stereocenters. The number of aliphatic hydroxyl groups excluding tert-OH is 1. The summed E-state index contributed by atoms with van der Waals surface area (Å²) in [6.07, 6.45) is 1.20. The van der Waals surface area contributed by atoms with Gasteiger partial charge in [0.2, 0.25) is 0 Å². The van der Waals surface area contributed by atoms with Crippen LogP contribution in [-0.4, -0.2) is 21.8 Å². The Morgan fingerprint density at radius 2 is 1.57 bits per heavy atom. The zero-order valence-corrected chi connectivity index (χ0v) is 14.8. The zero-order valence-electron chi connectivity index (χ0n) is 14.8. The summed E-state index contributed by atoms with van der Waals surface area (Å²) in [5, 5.41) is 19.9. The number of rotatable bonds is 5. The molecule has 1 aromatic heterocycles. The molecule has 146 valence electrons. The van der Waals surface area contributed by atoms with Gasteiger partial charge in [0, 0.05) is 23.4 Å². The average molecular weight is 391 g/mol. The van der Waals surface area contributed by atoms with E-state index in [4.69, 9.17) is 0 Å². The molecular weight excluding hydrogens is 374 g/mol. The maximum absolute atomic E-state index is 15.0. The van der Waals surface area contributed by atoms with Crippen LogP contribution in [0.3, 0.4) is 0 Å². The second kappa shape index (κ2) is 7.33. The highest BCUT2D eigenvalue weighted by atomic mass is 19.3. The Morgan fingerprint density at radius 3 is 2.11 bits per heavy atom. The number of halogens is 4. The fraction of sp³-hybridized carbons (Fsp3) is 0.190. The summed E-state index contributed by atoms with van der Waals surface area (Å²) in [5.41, 5.74) is -2.73. The van der Waals surface area contributed by atoms with Crippen LogP contribution in [0.25, 0.3) is 11.1 Å². The number of aliphatic hydroxyl groups is 2. The molecule has 3 nitrogen and oxygen atoms in total. The summed E-state index contributed by atoms with van der Waals surface area (Å²) in [6.45, 7) is 0.417. The minimum Gasteiger partial charge on any atom is -0.393 e. The van der Waals surface area contributed by atoms with Gasteiger partial charge in [-0.25, -0.2) is 8.78 Å². The second-order valence-corrected chi connectivity index (χ2v) is 6.52. The molecule has 1 heterocycles. The zero-order chi connectivity index (χ0) is 20.5. The lowest BCUT2D eigenvalue weighted by molar-refractivity contribution is -0.216. The molecule has 0 bridgehead atoms.